The number of ketones is 1. The lowest BCUT2D eigenvalue weighted by Crippen LogP contribution is -2.23. The molecule has 2 aliphatic rings. The average Bonchev–Trinajstić information content (AvgIpc) is 1.66. The molecule has 0 bridgehead atoms. The molecule has 10 heterocycles. The number of aromatic amines is 3. The molecule has 29 heteroatoms. The second-order valence-electron chi connectivity index (χ2n) is 26.7. The van der Waals surface area contributed by atoms with Crippen LogP contribution in [-0.2, 0) is 50.7 Å². The van der Waals surface area contributed by atoms with Crippen molar-refractivity contribution in [2.45, 2.75) is 158 Å². The Labute approximate surface area is 813 Å². The van der Waals surface area contributed by atoms with Crippen molar-refractivity contribution in [3.05, 3.63) is 347 Å². The molecule has 0 saturated carbocycles. The zero-order valence-electron chi connectivity index (χ0n) is 84.7. The molecular weight excluding hydrogens is 1800 g/mol. The predicted molar refractivity (Wildman–Crippen MR) is 555 cm³/mol. The number of nitrogens with one attached hydrogen (secondary N) is 5. The number of carboxylic acid groups (broad SMARTS) is 1. The predicted octanol–water partition coefficient (Wildman–Crippen LogP) is 30.5. The topological polar surface area (TPSA) is 275 Å². The summed E-state index contributed by atoms with van der Waals surface area (Å²) >= 11 is 0. The van der Waals surface area contributed by atoms with Crippen LogP contribution < -0.4 is 16.4 Å². The first-order valence-electron chi connectivity index (χ1n) is 46.3. The Hall–Kier alpha value is -15.7. The zero-order chi connectivity index (χ0) is 107. The number of Topliss-reactive ketones (excluding diaryl/α,β-unsaturated/α-hetero) is 1. The molecule has 10 aromatic carbocycles. The van der Waals surface area contributed by atoms with Crippen molar-refractivity contribution in [2.24, 2.45) is 41.0 Å². The highest BCUT2D eigenvalue weighted by molar-refractivity contribution is 6.51. The number of carboxylic acids is 1. The number of carbonyl (C=O) groups excluding carboxylic acids is 4. The van der Waals surface area contributed by atoms with Gasteiger partial charge in [0.1, 0.15) is 29.5 Å². The van der Waals surface area contributed by atoms with Crippen LogP contribution in [0, 0.1) is 83.0 Å². The number of para-hydroxylation sites is 10. The highest BCUT2D eigenvalue weighted by Gasteiger charge is 2.48. The quantitative estimate of drug-likeness (QED) is 0.0644. The van der Waals surface area contributed by atoms with Crippen molar-refractivity contribution < 1.29 is 73.0 Å². The standard InChI is InChI=1S/C10H9FN2O.C10H7FN2.C10H8FNO2.C10H10FN.C9H5FN2.2C9H8FN.C8H5F2NO.C8H6FN.C8H5NO2.10C2H6/c1-13-7-5-3-2-4-6(7)8(11)9(13)10(12)14;1-13-8-5-3-2-4-7(8)10(11)9(13)6-12;1-12-7-5-3-2-4-6(7)8(11)9(12)10(13)14;1-7-10(11)8-5-3-4-6-9(8)12(7)2;10-9-6-3-1-2-4-7(6)12-8(9)5-11;1-11-6-8(10)7-4-2-3-5-9(7)11;1-6-9(10)7-4-2-3-5-8(7)11-6;9-8(10)5-3-1-2-4-6(5)11-7(8)12;9-7-5-10-8-4-2-1-3-6(7)8;10-7-5-3-1-2-4-6(5)9-8(7)11;10*1-2/h2-5H,1H3,(H2,12,14);2-5H,1H3;2-5H,1H3,(H,13,14);3-6H,1-2H3;1-4,12H;2-6H,1H3;2-5,11H,1H3;1-4H,(H,11,12);1-5,10H;1-4H,(H,9,10,11);10*1-2H3. The molecule has 0 unspecified atom stereocenters. The third kappa shape index (κ3) is 30.4. The van der Waals surface area contributed by atoms with Crippen LogP contribution in [0.1, 0.15) is 198 Å². The maximum absolute atomic E-state index is 13.6. The normalized spacial score (nSPS) is 10.5. The first kappa shape index (κ1) is 122. The van der Waals surface area contributed by atoms with Crippen LogP contribution in [-0.4, -0.2) is 72.4 Å². The first-order chi connectivity index (χ1) is 67.4. The molecule has 746 valence electrons. The summed E-state index contributed by atoms with van der Waals surface area (Å²) < 4.78 is 140. The van der Waals surface area contributed by atoms with Crippen LogP contribution in [0.15, 0.2) is 255 Å². The maximum atomic E-state index is 13.6. The summed E-state index contributed by atoms with van der Waals surface area (Å²) in [4.78, 5) is 62.6. The Kier molecular flexibility index (Phi) is 55.0. The third-order valence-electron chi connectivity index (χ3n) is 19.4. The van der Waals surface area contributed by atoms with E-state index in [2.05, 4.69) is 25.6 Å². The molecule has 2 aliphatic heterocycles. The Morgan fingerprint density at radius 3 is 1.14 bits per heavy atom. The summed E-state index contributed by atoms with van der Waals surface area (Å²) in [5.74, 6) is -10.3. The van der Waals surface area contributed by atoms with Crippen molar-refractivity contribution in [1.82, 2.24) is 37.8 Å². The molecule has 0 fully saturated rings. The summed E-state index contributed by atoms with van der Waals surface area (Å²) in [6.45, 7) is 43.5. The number of nitrogens with two attached hydrogens (primary N) is 1. The van der Waals surface area contributed by atoms with Gasteiger partial charge in [-0.05, 0) is 129 Å². The number of primary amides is 1. The van der Waals surface area contributed by atoms with Gasteiger partial charge in [-0.3, -0.25) is 19.2 Å². The summed E-state index contributed by atoms with van der Waals surface area (Å²) in [6, 6.07) is 73.3. The number of amides is 3. The molecule has 0 radical (unpaired) electrons. The molecule has 0 atom stereocenters. The van der Waals surface area contributed by atoms with E-state index in [0.717, 1.165) is 27.6 Å². The van der Waals surface area contributed by atoms with E-state index in [1.165, 1.54) is 46.8 Å². The lowest BCUT2D eigenvalue weighted by Gasteiger charge is -2.04. The Bertz CT molecular complexity index is 6720. The fraction of sp³-hybridized carbons (Fsp3) is 0.252. The molecule has 3 amide bonds. The third-order valence-corrected chi connectivity index (χ3v) is 19.4. The number of hydrogen-bond donors (Lipinski definition) is 7. The van der Waals surface area contributed by atoms with Gasteiger partial charge in [0.05, 0.1) is 55.8 Å². The molecule has 8 aromatic heterocycles. The molecule has 18 aromatic rings. The molecule has 20 rings (SSSR count). The number of aryl methyl sites for hydroxylation is 6. The number of alkyl halides is 2. The fourth-order valence-electron chi connectivity index (χ4n) is 13.2. The van der Waals surface area contributed by atoms with E-state index in [1.54, 1.807) is 189 Å². The number of hydrogen-bond acceptors (Lipinski definition) is 7. The van der Waals surface area contributed by atoms with Crippen LogP contribution in [0.5, 0.6) is 0 Å². The fourth-order valence-corrected chi connectivity index (χ4v) is 13.2. The van der Waals surface area contributed by atoms with E-state index in [9.17, 15) is 67.9 Å². The molecule has 8 N–H and O–H groups in total. The molecule has 0 saturated heterocycles. The largest absolute Gasteiger partial charge is 0.476 e. The number of halogens is 10. The molecule has 19 nitrogen and oxygen atoms in total. The molecule has 140 heavy (non-hydrogen) atoms. The number of nitriles is 2. The SMILES string of the molecule is CC.CC.CC.CC.CC.CC.CC.CC.CC.CC.Cc1[nH]c2ccccc2c1F.Cc1c(F)c2ccccc2n1C.Cn1c(C#N)c(F)c2ccccc21.Cn1c(C(=O)O)c(F)c2ccccc21.Cn1c(C(N)=O)c(F)c2ccccc21.Cn1cc(F)c2ccccc21.Fc1c[nH]c2ccccc12.N#Cc1[nH]c2ccccc2c1F.O=C1Nc2ccccc2C1(F)F.O=C1Nc2ccccc2C1=O. The minimum atomic E-state index is -3.36. The van der Waals surface area contributed by atoms with E-state index in [1.807, 2.05) is 242 Å². The van der Waals surface area contributed by atoms with Gasteiger partial charge in [-0.1, -0.05) is 266 Å². The molecular formula is C111H131F10N13O6. The van der Waals surface area contributed by atoms with Crippen LogP contribution in [0.25, 0.3) is 87.2 Å². The number of H-pyrrole nitrogens is 3. The van der Waals surface area contributed by atoms with E-state index >= 15 is 0 Å². The molecule has 0 spiro atoms. The van der Waals surface area contributed by atoms with Crippen molar-refractivity contribution in [3.63, 3.8) is 0 Å². The second kappa shape index (κ2) is 62.9. The number of fused-ring (bicyclic) bond motifs is 10. The number of carbonyl (C=O) groups is 5. The van der Waals surface area contributed by atoms with Gasteiger partial charge in [0.25, 0.3) is 23.5 Å². The van der Waals surface area contributed by atoms with Crippen LogP contribution >= 0.6 is 0 Å². The van der Waals surface area contributed by atoms with E-state index in [4.69, 9.17) is 21.4 Å². The summed E-state index contributed by atoms with van der Waals surface area (Å²) in [6.07, 6.45) is 2.86. The van der Waals surface area contributed by atoms with Gasteiger partial charge in [-0.2, -0.15) is 19.3 Å². The van der Waals surface area contributed by atoms with Gasteiger partial charge < -0.3 is 59.3 Å². The number of benzene rings is 10. The smallest absolute Gasteiger partial charge is 0.355 e. The highest BCUT2D eigenvalue weighted by atomic mass is 19.3. The Morgan fingerprint density at radius 2 is 0.736 bits per heavy atom. The van der Waals surface area contributed by atoms with Gasteiger partial charge in [0, 0.05) is 113 Å². The van der Waals surface area contributed by atoms with Gasteiger partial charge in [-0.25, -0.2) is 39.9 Å². The number of rotatable bonds is 2. The van der Waals surface area contributed by atoms with Crippen LogP contribution in [0.2, 0.25) is 0 Å². The molecule has 0 aliphatic carbocycles. The Balaban J connectivity index is 0.000000762. The minimum Gasteiger partial charge on any atom is -0.476 e. The lowest BCUT2D eigenvalue weighted by atomic mass is 10.1. The number of anilines is 2. The van der Waals surface area contributed by atoms with Crippen LogP contribution in [0.3, 0.4) is 0 Å². The zero-order valence-corrected chi connectivity index (χ0v) is 84.7. The monoisotopic (exact) mass is 1930 g/mol. The maximum Gasteiger partial charge on any atom is 0.355 e. The van der Waals surface area contributed by atoms with Crippen molar-refractivity contribution in [3.8, 4) is 12.1 Å². The van der Waals surface area contributed by atoms with Gasteiger partial charge in [-0.15, -0.1) is 0 Å². The number of nitrogens with zero attached hydrogens (tertiary/aromatic N) is 7. The summed E-state index contributed by atoms with van der Waals surface area (Å²) in [5, 5.41) is 35.0. The summed E-state index contributed by atoms with van der Waals surface area (Å²) in [7, 11) is 8.55. The lowest BCUT2D eigenvalue weighted by molar-refractivity contribution is -0.139. The van der Waals surface area contributed by atoms with Crippen molar-refractivity contribution >= 4 is 128 Å². The highest BCUT2D eigenvalue weighted by Crippen LogP contribution is 2.40. The van der Waals surface area contributed by atoms with Crippen LogP contribution in [0.4, 0.5) is 55.3 Å². The van der Waals surface area contributed by atoms with Gasteiger partial charge in [0.2, 0.25) is 0 Å². The first-order valence-corrected chi connectivity index (χ1v) is 46.3. The second-order valence-corrected chi connectivity index (χ2v) is 26.7. The van der Waals surface area contributed by atoms with Gasteiger partial charge >= 0.3 is 11.9 Å². The van der Waals surface area contributed by atoms with E-state index in [0.29, 0.717) is 82.3 Å². The number of aromatic nitrogens is 8. The van der Waals surface area contributed by atoms with E-state index in [-0.39, 0.29) is 57.3 Å². The summed E-state index contributed by atoms with van der Waals surface area (Å²) in [5.41, 5.74) is 13.4. The van der Waals surface area contributed by atoms with Crippen molar-refractivity contribution in [1.29, 1.82) is 10.5 Å². The number of aromatic carboxylic acids is 1. The van der Waals surface area contributed by atoms with Crippen molar-refractivity contribution in [2.75, 3.05) is 10.6 Å². The average molecular weight is 1930 g/mol. The Morgan fingerprint density at radius 1 is 0.371 bits per heavy atom. The van der Waals surface area contributed by atoms with Gasteiger partial charge in [0.15, 0.2) is 52.0 Å². The minimum absolute atomic E-state index is 0.00352. The van der Waals surface area contributed by atoms with E-state index < -0.39 is 58.7 Å².